The van der Waals surface area contributed by atoms with E-state index in [0.717, 1.165) is 11.1 Å². The van der Waals surface area contributed by atoms with Crippen molar-refractivity contribution in [1.29, 1.82) is 0 Å². The molecule has 2 aromatic carbocycles. The molecule has 0 N–H and O–H groups in total. The number of carbonyl (C=O) groups excluding carboxylic acids is 1. The standard InChI is InChI=1S/C19H20ClNO3/c1-21(13-14-5-4-6-16(20)11-14)19(22)10-8-15-7-9-17(23-2)12-18(15)24-3/h4-12H,13H2,1-3H3/b10-8+. The van der Waals surface area contributed by atoms with Crippen molar-refractivity contribution in [2.24, 2.45) is 0 Å². The lowest BCUT2D eigenvalue weighted by atomic mass is 10.1. The lowest BCUT2D eigenvalue weighted by molar-refractivity contribution is -0.125. The summed E-state index contributed by atoms with van der Waals surface area (Å²) in [6.45, 7) is 0.490. The van der Waals surface area contributed by atoms with Crippen LogP contribution in [-0.2, 0) is 11.3 Å². The minimum absolute atomic E-state index is 0.104. The van der Waals surface area contributed by atoms with Crippen molar-refractivity contribution in [3.8, 4) is 11.5 Å². The number of halogens is 1. The zero-order valence-electron chi connectivity index (χ0n) is 14.0. The molecule has 1 amide bonds. The third-order valence-electron chi connectivity index (χ3n) is 3.53. The van der Waals surface area contributed by atoms with Gasteiger partial charge < -0.3 is 14.4 Å². The number of hydrogen-bond acceptors (Lipinski definition) is 3. The van der Waals surface area contributed by atoms with Crippen molar-refractivity contribution >= 4 is 23.6 Å². The molecule has 2 aromatic rings. The van der Waals surface area contributed by atoms with Crippen LogP contribution >= 0.6 is 11.6 Å². The quantitative estimate of drug-likeness (QED) is 0.742. The Balaban J connectivity index is 2.06. The van der Waals surface area contributed by atoms with E-state index in [9.17, 15) is 4.79 Å². The molecule has 0 atom stereocenters. The number of likely N-dealkylation sites (N-methyl/N-ethyl adjacent to an activating group) is 1. The number of nitrogens with zero attached hydrogens (tertiary/aromatic N) is 1. The summed E-state index contributed by atoms with van der Waals surface area (Å²) in [5.74, 6) is 1.25. The Morgan fingerprint density at radius 3 is 2.62 bits per heavy atom. The Hall–Kier alpha value is -2.46. The minimum atomic E-state index is -0.104. The minimum Gasteiger partial charge on any atom is -0.497 e. The van der Waals surface area contributed by atoms with Crippen LogP contribution in [0.4, 0.5) is 0 Å². The molecule has 4 nitrogen and oxygen atoms in total. The van der Waals surface area contributed by atoms with Crippen LogP contribution in [0.3, 0.4) is 0 Å². The molecule has 0 aliphatic carbocycles. The lowest BCUT2D eigenvalue weighted by Crippen LogP contribution is -2.24. The van der Waals surface area contributed by atoms with E-state index in [1.807, 2.05) is 36.4 Å². The van der Waals surface area contributed by atoms with Crippen LogP contribution in [0.15, 0.2) is 48.5 Å². The Bertz CT molecular complexity index is 743. The van der Waals surface area contributed by atoms with Crippen molar-refractivity contribution in [2.75, 3.05) is 21.3 Å². The summed E-state index contributed by atoms with van der Waals surface area (Å²) in [4.78, 5) is 13.9. The molecule has 0 saturated heterocycles. The van der Waals surface area contributed by atoms with Gasteiger partial charge in [-0.05, 0) is 35.9 Å². The summed E-state index contributed by atoms with van der Waals surface area (Å²) in [6.07, 6.45) is 3.25. The molecule has 0 heterocycles. The Morgan fingerprint density at radius 1 is 1.17 bits per heavy atom. The van der Waals surface area contributed by atoms with Crippen LogP contribution in [0, 0.1) is 0 Å². The van der Waals surface area contributed by atoms with Crippen LogP contribution in [0.1, 0.15) is 11.1 Å². The molecule has 0 bridgehead atoms. The molecule has 126 valence electrons. The number of rotatable bonds is 6. The maximum absolute atomic E-state index is 12.3. The predicted molar refractivity (Wildman–Crippen MR) is 96.5 cm³/mol. The lowest BCUT2D eigenvalue weighted by Gasteiger charge is -2.15. The van der Waals surface area contributed by atoms with E-state index in [-0.39, 0.29) is 5.91 Å². The van der Waals surface area contributed by atoms with Crippen LogP contribution in [0.25, 0.3) is 6.08 Å². The number of methoxy groups -OCH3 is 2. The highest BCUT2D eigenvalue weighted by Gasteiger charge is 2.07. The highest BCUT2D eigenvalue weighted by Crippen LogP contribution is 2.25. The first kappa shape index (κ1) is 17.9. The Kier molecular flexibility index (Phi) is 6.27. The van der Waals surface area contributed by atoms with Crippen LogP contribution in [-0.4, -0.2) is 32.1 Å². The summed E-state index contributed by atoms with van der Waals surface area (Å²) < 4.78 is 10.5. The van der Waals surface area contributed by atoms with Crippen LogP contribution in [0.5, 0.6) is 11.5 Å². The predicted octanol–water partition coefficient (Wildman–Crippen LogP) is 4.03. The van der Waals surface area contributed by atoms with Crippen molar-refractivity contribution in [3.63, 3.8) is 0 Å². The molecular weight excluding hydrogens is 326 g/mol. The zero-order valence-corrected chi connectivity index (χ0v) is 14.7. The number of carbonyl (C=O) groups is 1. The SMILES string of the molecule is COc1ccc(/C=C/C(=O)N(C)Cc2cccc(Cl)c2)c(OC)c1. The van der Waals surface area contributed by atoms with Gasteiger partial charge in [-0.15, -0.1) is 0 Å². The van der Waals surface area contributed by atoms with E-state index in [4.69, 9.17) is 21.1 Å². The van der Waals surface area contributed by atoms with E-state index in [0.29, 0.717) is 23.1 Å². The second-order valence-electron chi connectivity index (χ2n) is 5.27. The van der Waals surface area contributed by atoms with Gasteiger partial charge in [0.05, 0.1) is 14.2 Å². The second kappa shape index (κ2) is 8.41. The largest absolute Gasteiger partial charge is 0.497 e. The van der Waals surface area contributed by atoms with E-state index < -0.39 is 0 Å². The van der Waals surface area contributed by atoms with Gasteiger partial charge in [0.1, 0.15) is 11.5 Å². The summed E-state index contributed by atoms with van der Waals surface area (Å²) in [5, 5.41) is 0.659. The van der Waals surface area contributed by atoms with E-state index in [1.165, 1.54) is 6.08 Å². The first-order chi connectivity index (χ1) is 11.5. The van der Waals surface area contributed by atoms with Gasteiger partial charge in [-0.2, -0.15) is 0 Å². The van der Waals surface area contributed by atoms with Gasteiger partial charge in [-0.3, -0.25) is 4.79 Å². The van der Waals surface area contributed by atoms with Gasteiger partial charge in [0.2, 0.25) is 5.91 Å². The van der Waals surface area contributed by atoms with Crippen LogP contribution < -0.4 is 9.47 Å². The molecular formula is C19H20ClNO3. The second-order valence-corrected chi connectivity index (χ2v) is 5.70. The molecule has 5 heteroatoms. The van der Waals surface area contributed by atoms with Gasteiger partial charge in [0.25, 0.3) is 0 Å². The first-order valence-corrected chi connectivity index (χ1v) is 7.81. The molecule has 0 radical (unpaired) electrons. The molecule has 0 spiro atoms. The zero-order chi connectivity index (χ0) is 17.5. The Morgan fingerprint density at radius 2 is 1.96 bits per heavy atom. The highest BCUT2D eigenvalue weighted by atomic mass is 35.5. The Labute approximate surface area is 147 Å². The first-order valence-electron chi connectivity index (χ1n) is 7.43. The van der Waals surface area contributed by atoms with Crippen LogP contribution in [0.2, 0.25) is 5.02 Å². The van der Waals surface area contributed by atoms with Gasteiger partial charge in [0, 0.05) is 36.3 Å². The van der Waals surface area contributed by atoms with Crippen molar-refractivity contribution < 1.29 is 14.3 Å². The normalized spacial score (nSPS) is 10.7. The summed E-state index contributed by atoms with van der Waals surface area (Å²) in [6, 6.07) is 12.9. The third kappa shape index (κ3) is 4.77. The molecule has 0 saturated carbocycles. The van der Waals surface area contributed by atoms with Gasteiger partial charge in [0.15, 0.2) is 0 Å². The number of ether oxygens (including phenoxy) is 2. The fourth-order valence-corrected chi connectivity index (χ4v) is 2.44. The van der Waals surface area contributed by atoms with Gasteiger partial charge in [-0.25, -0.2) is 0 Å². The molecule has 24 heavy (non-hydrogen) atoms. The summed E-state index contributed by atoms with van der Waals surface area (Å²) in [5.41, 5.74) is 1.79. The van der Waals surface area contributed by atoms with Crippen molar-refractivity contribution in [3.05, 3.63) is 64.7 Å². The maximum Gasteiger partial charge on any atom is 0.246 e. The average molecular weight is 346 g/mol. The highest BCUT2D eigenvalue weighted by molar-refractivity contribution is 6.30. The fraction of sp³-hybridized carbons (Fsp3) is 0.211. The van der Waals surface area contributed by atoms with E-state index in [1.54, 1.807) is 38.3 Å². The maximum atomic E-state index is 12.3. The molecule has 0 aromatic heterocycles. The fourth-order valence-electron chi connectivity index (χ4n) is 2.23. The molecule has 2 rings (SSSR count). The smallest absolute Gasteiger partial charge is 0.246 e. The summed E-state index contributed by atoms with van der Waals surface area (Å²) in [7, 11) is 4.93. The van der Waals surface area contributed by atoms with Gasteiger partial charge >= 0.3 is 0 Å². The number of hydrogen-bond donors (Lipinski definition) is 0. The van der Waals surface area contributed by atoms with E-state index in [2.05, 4.69) is 0 Å². The summed E-state index contributed by atoms with van der Waals surface area (Å²) >= 11 is 5.97. The third-order valence-corrected chi connectivity index (χ3v) is 3.77. The molecule has 0 aliphatic heterocycles. The molecule has 0 unspecified atom stereocenters. The topological polar surface area (TPSA) is 38.8 Å². The monoisotopic (exact) mass is 345 g/mol. The van der Waals surface area contributed by atoms with E-state index >= 15 is 0 Å². The number of benzene rings is 2. The van der Waals surface area contributed by atoms with Crippen molar-refractivity contribution in [2.45, 2.75) is 6.54 Å². The number of amides is 1. The molecule has 0 aliphatic rings. The average Bonchev–Trinajstić information content (AvgIpc) is 2.59. The van der Waals surface area contributed by atoms with Crippen molar-refractivity contribution in [1.82, 2.24) is 4.90 Å². The van der Waals surface area contributed by atoms with Gasteiger partial charge in [-0.1, -0.05) is 23.7 Å². The molecule has 0 fully saturated rings.